The van der Waals surface area contributed by atoms with Gasteiger partial charge in [-0.2, -0.15) is 0 Å². The number of amides is 1. The molecule has 0 bridgehead atoms. The van der Waals surface area contributed by atoms with Gasteiger partial charge in [-0.1, -0.05) is 6.07 Å². The van der Waals surface area contributed by atoms with Gasteiger partial charge in [-0.15, -0.1) is 0 Å². The number of hydrogen-bond acceptors (Lipinski definition) is 7. The molecule has 0 spiro atoms. The van der Waals surface area contributed by atoms with Gasteiger partial charge in [-0.3, -0.25) is 9.78 Å². The van der Waals surface area contributed by atoms with Crippen molar-refractivity contribution in [1.29, 1.82) is 0 Å². The lowest BCUT2D eigenvalue weighted by Crippen LogP contribution is -2.47. The topological polar surface area (TPSA) is 81.2 Å². The van der Waals surface area contributed by atoms with E-state index in [1.807, 2.05) is 17.0 Å². The summed E-state index contributed by atoms with van der Waals surface area (Å²) in [6, 6.07) is 8.93. The smallest absolute Gasteiger partial charge is 0.349 e. The number of fused-ring (bicyclic) bond motifs is 1. The molecule has 1 amide bonds. The quantitative estimate of drug-likeness (QED) is 0.538. The second-order valence-corrected chi connectivity index (χ2v) is 10.3. The second kappa shape index (κ2) is 10.5. The molecule has 1 aromatic heterocycles. The van der Waals surface area contributed by atoms with Crippen molar-refractivity contribution in [2.45, 2.75) is 64.2 Å². The Hall–Kier alpha value is -3.13. The molecule has 2 aromatic rings. The zero-order chi connectivity index (χ0) is 25.1. The van der Waals surface area contributed by atoms with E-state index < -0.39 is 11.8 Å². The minimum atomic E-state index is -1.02. The fraction of sp³-hybridized carbons (Fsp3) is 0.536. The van der Waals surface area contributed by atoms with Crippen LogP contribution in [0.2, 0.25) is 0 Å². The van der Waals surface area contributed by atoms with Gasteiger partial charge in [0.25, 0.3) is 5.91 Å². The second-order valence-electron chi connectivity index (χ2n) is 10.3. The van der Waals surface area contributed by atoms with Gasteiger partial charge in [0.1, 0.15) is 23.7 Å². The molecule has 4 heterocycles. The first-order valence-corrected chi connectivity index (χ1v) is 13.1. The van der Waals surface area contributed by atoms with E-state index >= 15 is 0 Å². The highest BCUT2D eigenvalue weighted by molar-refractivity contribution is 5.97. The lowest BCUT2D eigenvalue weighted by atomic mass is 10.0. The van der Waals surface area contributed by atoms with E-state index in [4.69, 9.17) is 14.2 Å². The molecular formula is C28H35N3O5. The standard InChI is InChI=1S/C28H35N3O5/c1-28(2)35-24-12-7-11-23(25(24)27(33)36-28)34-19-20-9-3-4-17-31(20)26(32)21-10-8-14-29-22(21)13-18-30-15-5-6-16-30/h7-8,10-12,14,20H,3-6,9,13,15-19H2,1-2H3/t20-/m0/s1. The first-order chi connectivity index (χ1) is 17.4. The molecule has 3 aliphatic rings. The van der Waals surface area contributed by atoms with Crippen molar-refractivity contribution >= 4 is 11.9 Å². The number of carbonyl (C=O) groups excluding carboxylic acids is 2. The molecule has 1 atom stereocenters. The molecule has 36 heavy (non-hydrogen) atoms. The first kappa shape index (κ1) is 24.6. The van der Waals surface area contributed by atoms with Crippen LogP contribution in [0, 0.1) is 0 Å². The minimum Gasteiger partial charge on any atom is -0.490 e. The number of piperidine rings is 1. The van der Waals surface area contributed by atoms with Crippen LogP contribution in [0.15, 0.2) is 36.5 Å². The minimum absolute atomic E-state index is 0.00686. The molecule has 8 heteroatoms. The Bertz CT molecular complexity index is 1110. The Morgan fingerprint density at radius 1 is 1.08 bits per heavy atom. The largest absolute Gasteiger partial charge is 0.490 e. The zero-order valence-corrected chi connectivity index (χ0v) is 21.2. The summed E-state index contributed by atoms with van der Waals surface area (Å²) in [7, 11) is 0. The van der Waals surface area contributed by atoms with Crippen molar-refractivity contribution in [2.24, 2.45) is 0 Å². The summed E-state index contributed by atoms with van der Waals surface area (Å²) in [4.78, 5) is 35.3. The number of pyridine rings is 1. The normalized spacial score (nSPS) is 21.4. The van der Waals surface area contributed by atoms with Gasteiger partial charge < -0.3 is 24.0 Å². The molecule has 0 N–H and O–H groups in total. The Kier molecular flexibility index (Phi) is 7.14. The summed E-state index contributed by atoms with van der Waals surface area (Å²) in [6.07, 6.45) is 7.86. The molecule has 0 radical (unpaired) electrons. The van der Waals surface area contributed by atoms with Crippen molar-refractivity contribution in [2.75, 3.05) is 32.8 Å². The number of cyclic esters (lactones) is 1. The van der Waals surface area contributed by atoms with E-state index in [1.54, 1.807) is 38.2 Å². The number of hydrogen-bond donors (Lipinski definition) is 0. The van der Waals surface area contributed by atoms with Crippen molar-refractivity contribution in [3.63, 3.8) is 0 Å². The van der Waals surface area contributed by atoms with Crippen LogP contribution in [0.5, 0.6) is 11.5 Å². The van der Waals surface area contributed by atoms with E-state index in [0.717, 1.165) is 51.0 Å². The van der Waals surface area contributed by atoms with Gasteiger partial charge >= 0.3 is 5.97 Å². The van der Waals surface area contributed by atoms with Gasteiger partial charge in [0, 0.05) is 39.6 Å². The molecule has 2 saturated heterocycles. The number of benzene rings is 1. The lowest BCUT2D eigenvalue weighted by Gasteiger charge is -2.36. The first-order valence-electron chi connectivity index (χ1n) is 13.1. The molecule has 3 aliphatic heterocycles. The van der Waals surface area contributed by atoms with Gasteiger partial charge in [0.2, 0.25) is 5.79 Å². The fourth-order valence-electron chi connectivity index (χ4n) is 5.36. The average Bonchev–Trinajstić information content (AvgIpc) is 3.39. The van der Waals surface area contributed by atoms with E-state index in [9.17, 15) is 9.59 Å². The van der Waals surface area contributed by atoms with Crippen LogP contribution in [0.25, 0.3) is 0 Å². The van der Waals surface area contributed by atoms with Crippen molar-refractivity contribution in [1.82, 2.24) is 14.8 Å². The molecule has 2 fully saturated rings. The van der Waals surface area contributed by atoms with Crippen molar-refractivity contribution in [3.05, 3.63) is 53.3 Å². The van der Waals surface area contributed by atoms with E-state index in [1.165, 1.54) is 12.8 Å². The zero-order valence-electron chi connectivity index (χ0n) is 21.2. The number of likely N-dealkylation sites (tertiary alicyclic amines) is 2. The maximum Gasteiger partial charge on any atom is 0.349 e. The third kappa shape index (κ3) is 5.33. The number of ether oxygens (including phenoxy) is 3. The van der Waals surface area contributed by atoms with Crippen molar-refractivity contribution < 1.29 is 23.8 Å². The van der Waals surface area contributed by atoms with Gasteiger partial charge in [-0.25, -0.2) is 4.79 Å². The summed E-state index contributed by atoms with van der Waals surface area (Å²) in [5, 5.41) is 0. The van der Waals surface area contributed by atoms with Crippen LogP contribution in [0.4, 0.5) is 0 Å². The Morgan fingerprint density at radius 3 is 2.72 bits per heavy atom. The summed E-state index contributed by atoms with van der Waals surface area (Å²) < 4.78 is 17.4. The van der Waals surface area contributed by atoms with E-state index in [0.29, 0.717) is 35.8 Å². The molecule has 0 aliphatic carbocycles. The predicted molar refractivity (Wildman–Crippen MR) is 134 cm³/mol. The van der Waals surface area contributed by atoms with Crippen LogP contribution in [-0.4, -0.2) is 71.3 Å². The summed E-state index contributed by atoms with van der Waals surface area (Å²) in [6.45, 7) is 7.55. The van der Waals surface area contributed by atoms with E-state index in [-0.39, 0.29) is 11.9 Å². The maximum absolute atomic E-state index is 13.7. The molecule has 0 saturated carbocycles. The van der Waals surface area contributed by atoms with E-state index in [2.05, 4.69) is 9.88 Å². The van der Waals surface area contributed by atoms with Crippen LogP contribution < -0.4 is 9.47 Å². The SMILES string of the molecule is CC1(C)OC(=O)c2c(OC[C@@H]3CCCCN3C(=O)c3cccnc3CCN3CCCC3)cccc2O1. The fourth-order valence-corrected chi connectivity index (χ4v) is 5.36. The summed E-state index contributed by atoms with van der Waals surface area (Å²) >= 11 is 0. The predicted octanol–water partition coefficient (Wildman–Crippen LogP) is 4.08. The molecule has 0 unspecified atom stereocenters. The number of rotatable bonds is 7. The van der Waals surface area contributed by atoms with Crippen molar-refractivity contribution in [3.8, 4) is 11.5 Å². The van der Waals surface area contributed by atoms with Crippen LogP contribution in [0.3, 0.4) is 0 Å². The monoisotopic (exact) mass is 493 g/mol. The number of aromatic nitrogens is 1. The summed E-state index contributed by atoms with van der Waals surface area (Å²) in [5.41, 5.74) is 1.83. The molecule has 192 valence electrons. The maximum atomic E-state index is 13.7. The highest BCUT2D eigenvalue weighted by Gasteiger charge is 2.37. The third-order valence-corrected chi connectivity index (χ3v) is 7.19. The lowest BCUT2D eigenvalue weighted by molar-refractivity contribution is -0.127. The van der Waals surface area contributed by atoms with Crippen LogP contribution in [-0.2, 0) is 11.2 Å². The average molecular weight is 494 g/mol. The van der Waals surface area contributed by atoms with Crippen LogP contribution >= 0.6 is 0 Å². The molecular weight excluding hydrogens is 458 g/mol. The van der Waals surface area contributed by atoms with Gasteiger partial charge in [-0.05, 0) is 69.5 Å². The molecule has 8 nitrogen and oxygen atoms in total. The number of esters is 1. The third-order valence-electron chi connectivity index (χ3n) is 7.19. The summed E-state index contributed by atoms with van der Waals surface area (Å²) in [5.74, 6) is -0.619. The number of carbonyl (C=O) groups is 2. The Balaban J connectivity index is 1.30. The number of nitrogens with zero attached hydrogens (tertiary/aromatic N) is 3. The van der Waals surface area contributed by atoms with Gasteiger partial charge in [0.05, 0.1) is 17.3 Å². The Morgan fingerprint density at radius 2 is 1.89 bits per heavy atom. The highest BCUT2D eigenvalue weighted by Crippen LogP contribution is 2.37. The Labute approximate surface area is 212 Å². The van der Waals surface area contributed by atoms with Crippen LogP contribution in [0.1, 0.15) is 72.4 Å². The van der Waals surface area contributed by atoms with Gasteiger partial charge in [0.15, 0.2) is 0 Å². The molecule has 1 aromatic carbocycles. The molecule has 5 rings (SSSR count). The highest BCUT2D eigenvalue weighted by atomic mass is 16.7.